The summed E-state index contributed by atoms with van der Waals surface area (Å²) in [5.74, 6) is 0. The molecule has 3 nitrogen and oxygen atoms in total. The van der Waals surface area contributed by atoms with Crippen molar-refractivity contribution in [2.24, 2.45) is 0 Å². The lowest BCUT2D eigenvalue weighted by molar-refractivity contribution is 0.0736. The third-order valence-electron chi connectivity index (χ3n) is 1.59. The molecule has 0 heterocycles. The summed E-state index contributed by atoms with van der Waals surface area (Å²) in [6.45, 7) is 9.40. The van der Waals surface area contributed by atoms with Crippen LogP contribution in [0.15, 0.2) is 0 Å². The highest BCUT2D eigenvalue weighted by Crippen LogP contribution is 2.09. The molecule has 0 aromatic carbocycles. The summed E-state index contributed by atoms with van der Waals surface area (Å²) < 4.78 is 4.89. The average Bonchev–Trinajstić information content (AvgIpc) is 1.81. The molecular formula is C9H18ClNO2. The van der Waals surface area contributed by atoms with Gasteiger partial charge in [-0.05, 0) is 34.6 Å². The molecule has 0 rings (SSSR count). The Morgan fingerprint density at radius 1 is 1.15 bits per heavy atom. The highest BCUT2D eigenvalue weighted by Gasteiger charge is 2.22. The number of amides is 1. The van der Waals surface area contributed by atoms with Crippen molar-refractivity contribution < 1.29 is 9.53 Å². The monoisotopic (exact) mass is 207 g/mol. The Morgan fingerprint density at radius 3 is 1.77 bits per heavy atom. The van der Waals surface area contributed by atoms with Crippen LogP contribution in [-0.2, 0) is 4.74 Å². The summed E-state index contributed by atoms with van der Waals surface area (Å²) in [5.41, 5.74) is -0.576. The molecule has 0 aromatic rings. The van der Waals surface area contributed by atoms with Crippen LogP contribution in [0.3, 0.4) is 0 Å². The van der Waals surface area contributed by atoms with Crippen molar-refractivity contribution in [3.05, 3.63) is 0 Å². The Bertz CT molecular complexity index is 161. The summed E-state index contributed by atoms with van der Waals surface area (Å²) in [6.07, 6.45) is -0.354. The van der Waals surface area contributed by atoms with E-state index in [1.165, 1.54) is 0 Å². The molecule has 0 fully saturated rings. The van der Waals surface area contributed by atoms with Crippen LogP contribution in [0.4, 0.5) is 4.79 Å². The quantitative estimate of drug-likeness (QED) is 0.666. The van der Waals surface area contributed by atoms with Gasteiger partial charge in [0.2, 0.25) is 0 Å². The van der Waals surface area contributed by atoms with Gasteiger partial charge < -0.3 is 9.64 Å². The van der Waals surface area contributed by atoms with E-state index < -0.39 is 5.56 Å². The number of nitrogens with zero attached hydrogens (tertiary/aromatic N) is 1. The molecule has 0 aliphatic heterocycles. The molecule has 0 aromatic heterocycles. The minimum atomic E-state index is -0.576. The largest absolute Gasteiger partial charge is 0.430 e. The number of ether oxygens (including phenoxy) is 1. The van der Waals surface area contributed by atoms with Gasteiger partial charge in [-0.1, -0.05) is 11.6 Å². The highest BCUT2D eigenvalue weighted by atomic mass is 35.5. The fourth-order valence-electron chi connectivity index (χ4n) is 1.22. The van der Waals surface area contributed by atoms with Gasteiger partial charge in [0.25, 0.3) is 0 Å². The number of carbonyl (C=O) groups excluding carboxylic acids is 1. The maximum absolute atomic E-state index is 11.5. The van der Waals surface area contributed by atoms with E-state index in [0.717, 1.165) is 0 Å². The molecule has 0 bridgehead atoms. The molecule has 0 radical (unpaired) electrons. The number of alkyl halides is 1. The maximum atomic E-state index is 11.5. The van der Waals surface area contributed by atoms with Crippen LogP contribution in [0.5, 0.6) is 0 Å². The summed E-state index contributed by atoms with van der Waals surface area (Å²) in [7, 11) is 0. The summed E-state index contributed by atoms with van der Waals surface area (Å²) in [6, 6.07) is 0.255. The first kappa shape index (κ1) is 12.6. The lowest BCUT2D eigenvalue weighted by atomic mass is 10.2. The summed E-state index contributed by atoms with van der Waals surface area (Å²) in [5, 5.41) is 0. The van der Waals surface area contributed by atoms with E-state index in [0.29, 0.717) is 0 Å². The summed E-state index contributed by atoms with van der Waals surface area (Å²) in [4.78, 5) is 13.1. The van der Waals surface area contributed by atoms with Crippen LogP contribution < -0.4 is 0 Å². The van der Waals surface area contributed by atoms with Crippen molar-refractivity contribution >= 4 is 17.7 Å². The molecule has 0 spiro atoms. The van der Waals surface area contributed by atoms with Crippen LogP contribution in [0, 0.1) is 0 Å². The first-order valence-corrected chi connectivity index (χ1v) is 4.93. The van der Waals surface area contributed by atoms with Gasteiger partial charge >= 0.3 is 6.09 Å². The fraction of sp³-hybridized carbons (Fsp3) is 0.889. The molecule has 0 saturated heterocycles. The smallest absolute Gasteiger partial charge is 0.411 e. The predicted molar refractivity (Wildman–Crippen MR) is 53.9 cm³/mol. The van der Waals surface area contributed by atoms with E-state index in [1.54, 1.807) is 11.8 Å². The zero-order valence-electron chi connectivity index (χ0n) is 8.87. The Morgan fingerprint density at radius 2 is 1.54 bits per heavy atom. The van der Waals surface area contributed by atoms with Gasteiger partial charge in [-0.15, -0.1) is 0 Å². The van der Waals surface area contributed by atoms with Gasteiger partial charge in [0.05, 0.1) is 0 Å². The Hall–Kier alpha value is -0.440. The second-order valence-electron chi connectivity index (χ2n) is 3.52. The standard InChI is InChI=1S/C9H18ClNO2/c1-6(2)11(7(3)4)9(12)13-8(5)10/h6-8H,1-5H3. The average molecular weight is 208 g/mol. The minimum absolute atomic E-state index is 0.128. The second-order valence-corrected chi connectivity index (χ2v) is 4.14. The predicted octanol–water partition coefficient (Wildman–Crippen LogP) is 2.83. The van der Waals surface area contributed by atoms with Gasteiger partial charge in [0.1, 0.15) is 0 Å². The number of carbonyl (C=O) groups is 1. The zero-order valence-corrected chi connectivity index (χ0v) is 9.63. The number of hydrogen-bond acceptors (Lipinski definition) is 2. The topological polar surface area (TPSA) is 29.5 Å². The normalized spacial score (nSPS) is 13.2. The number of hydrogen-bond donors (Lipinski definition) is 0. The van der Waals surface area contributed by atoms with Crippen molar-refractivity contribution in [1.29, 1.82) is 0 Å². The van der Waals surface area contributed by atoms with E-state index >= 15 is 0 Å². The number of halogens is 1. The molecule has 0 N–H and O–H groups in total. The third kappa shape index (κ3) is 4.36. The van der Waals surface area contributed by atoms with Crippen molar-refractivity contribution in [3.8, 4) is 0 Å². The zero-order chi connectivity index (χ0) is 10.6. The first-order valence-electron chi connectivity index (χ1n) is 4.49. The molecule has 78 valence electrons. The molecule has 1 unspecified atom stereocenters. The molecule has 13 heavy (non-hydrogen) atoms. The van der Waals surface area contributed by atoms with E-state index in [2.05, 4.69) is 0 Å². The second kappa shape index (κ2) is 5.32. The molecule has 1 atom stereocenters. The van der Waals surface area contributed by atoms with Crippen molar-refractivity contribution in [2.45, 2.75) is 52.3 Å². The van der Waals surface area contributed by atoms with Crippen LogP contribution in [0.25, 0.3) is 0 Å². The van der Waals surface area contributed by atoms with Crippen LogP contribution in [0.2, 0.25) is 0 Å². The Kier molecular flexibility index (Phi) is 5.14. The van der Waals surface area contributed by atoms with Gasteiger partial charge in [-0.2, -0.15) is 0 Å². The molecule has 0 saturated carbocycles. The third-order valence-corrected chi connectivity index (χ3v) is 1.68. The molecule has 1 amide bonds. The maximum Gasteiger partial charge on any atom is 0.411 e. The molecular weight excluding hydrogens is 190 g/mol. The minimum Gasteiger partial charge on any atom is -0.430 e. The van der Waals surface area contributed by atoms with E-state index in [-0.39, 0.29) is 18.2 Å². The van der Waals surface area contributed by atoms with Crippen LogP contribution >= 0.6 is 11.6 Å². The lowest BCUT2D eigenvalue weighted by Gasteiger charge is -2.30. The highest BCUT2D eigenvalue weighted by molar-refractivity contribution is 6.19. The van der Waals surface area contributed by atoms with Crippen molar-refractivity contribution in [2.75, 3.05) is 0 Å². The Balaban J connectivity index is 4.29. The Labute approximate surface area is 85.0 Å². The van der Waals surface area contributed by atoms with Gasteiger partial charge in [0.15, 0.2) is 5.56 Å². The molecule has 4 heteroatoms. The van der Waals surface area contributed by atoms with E-state index in [9.17, 15) is 4.79 Å². The number of rotatable bonds is 3. The molecule has 0 aliphatic rings. The van der Waals surface area contributed by atoms with Crippen molar-refractivity contribution in [3.63, 3.8) is 0 Å². The van der Waals surface area contributed by atoms with Gasteiger partial charge in [-0.25, -0.2) is 4.79 Å². The van der Waals surface area contributed by atoms with Crippen molar-refractivity contribution in [1.82, 2.24) is 4.90 Å². The summed E-state index contributed by atoms with van der Waals surface area (Å²) >= 11 is 5.56. The SMILES string of the molecule is CC(Cl)OC(=O)N(C(C)C)C(C)C. The fourth-order valence-corrected chi connectivity index (χ4v) is 1.29. The van der Waals surface area contributed by atoms with E-state index in [1.807, 2.05) is 27.7 Å². The van der Waals surface area contributed by atoms with Crippen LogP contribution in [0.1, 0.15) is 34.6 Å². The first-order chi connectivity index (χ1) is 5.86. The van der Waals surface area contributed by atoms with E-state index in [4.69, 9.17) is 16.3 Å². The van der Waals surface area contributed by atoms with Crippen LogP contribution in [-0.4, -0.2) is 28.6 Å². The molecule has 0 aliphatic carbocycles. The van der Waals surface area contributed by atoms with Gasteiger partial charge in [-0.3, -0.25) is 0 Å². The lowest BCUT2D eigenvalue weighted by Crippen LogP contribution is -2.42. The van der Waals surface area contributed by atoms with Gasteiger partial charge in [0, 0.05) is 12.1 Å².